The van der Waals surface area contributed by atoms with Gasteiger partial charge in [-0.05, 0) is 24.6 Å². The van der Waals surface area contributed by atoms with Crippen LogP contribution in [0.3, 0.4) is 0 Å². The van der Waals surface area contributed by atoms with Crippen LogP contribution in [0.1, 0.15) is 18.9 Å². The van der Waals surface area contributed by atoms with Crippen molar-refractivity contribution in [3.05, 3.63) is 29.8 Å². The van der Waals surface area contributed by atoms with E-state index in [0.29, 0.717) is 12.4 Å². The molecule has 1 aromatic carbocycles. The van der Waals surface area contributed by atoms with Crippen LogP contribution in [-0.2, 0) is 10.2 Å². The molecule has 1 saturated carbocycles. The van der Waals surface area contributed by atoms with Crippen molar-refractivity contribution < 1.29 is 32.2 Å². The van der Waals surface area contributed by atoms with E-state index < -0.39 is 29.7 Å². The highest BCUT2D eigenvalue weighted by Gasteiger charge is 2.84. The van der Waals surface area contributed by atoms with Crippen molar-refractivity contribution in [2.75, 3.05) is 6.61 Å². The predicted molar refractivity (Wildman–Crippen MR) is 61.4 cm³/mol. The Balaban J connectivity index is 2.44. The van der Waals surface area contributed by atoms with Gasteiger partial charge < -0.3 is 9.84 Å². The first-order valence-corrected chi connectivity index (χ1v) is 5.91. The van der Waals surface area contributed by atoms with E-state index >= 15 is 0 Å². The average molecular weight is 292 g/mol. The summed E-state index contributed by atoms with van der Waals surface area (Å²) in [6.07, 6.45) is -1.42. The van der Waals surface area contributed by atoms with Crippen molar-refractivity contribution >= 4 is 5.97 Å². The second kappa shape index (κ2) is 4.36. The van der Waals surface area contributed by atoms with Gasteiger partial charge in [-0.2, -0.15) is 17.6 Å². The second-order valence-electron chi connectivity index (χ2n) is 4.62. The van der Waals surface area contributed by atoms with E-state index in [4.69, 9.17) is 9.84 Å². The van der Waals surface area contributed by atoms with E-state index in [0.717, 1.165) is 12.1 Å². The number of carbonyl (C=O) groups is 1. The Morgan fingerprint density at radius 3 is 2.15 bits per heavy atom. The van der Waals surface area contributed by atoms with Crippen LogP contribution in [0.15, 0.2) is 24.3 Å². The van der Waals surface area contributed by atoms with Crippen LogP contribution in [0.2, 0.25) is 0 Å². The molecule has 0 amide bonds. The minimum absolute atomic E-state index is 0.345. The lowest BCUT2D eigenvalue weighted by molar-refractivity contribution is -0.322. The van der Waals surface area contributed by atoms with Gasteiger partial charge in [-0.15, -0.1) is 0 Å². The Morgan fingerprint density at radius 1 is 1.25 bits per heavy atom. The number of carboxylic acids is 1. The number of aliphatic carboxylic acids is 1. The molecule has 2 rings (SSSR count). The number of ether oxygens (including phenoxy) is 1. The number of alkyl halides is 4. The van der Waals surface area contributed by atoms with Gasteiger partial charge in [0, 0.05) is 6.42 Å². The van der Waals surface area contributed by atoms with Crippen molar-refractivity contribution in [2.24, 2.45) is 0 Å². The van der Waals surface area contributed by atoms with Gasteiger partial charge in [-0.25, -0.2) is 0 Å². The Hall–Kier alpha value is -1.79. The summed E-state index contributed by atoms with van der Waals surface area (Å²) in [5.74, 6) is -10.5. The van der Waals surface area contributed by atoms with Gasteiger partial charge in [0.25, 0.3) is 0 Å². The van der Waals surface area contributed by atoms with Crippen LogP contribution in [0, 0.1) is 0 Å². The lowest BCUT2D eigenvalue weighted by Gasteiger charge is -2.51. The molecule has 0 aliphatic heterocycles. The summed E-state index contributed by atoms with van der Waals surface area (Å²) in [4.78, 5) is 11.2. The zero-order chi connectivity index (χ0) is 15.2. The maximum atomic E-state index is 13.7. The fourth-order valence-corrected chi connectivity index (χ4v) is 2.38. The first-order valence-electron chi connectivity index (χ1n) is 5.91. The number of hydrogen-bond acceptors (Lipinski definition) is 2. The topological polar surface area (TPSA) is 46.5 Å². The van der Waals surface area contributed by atoms with E-state index in [9.17, 15) is 22.4 Å². The van der Waals surface area contributed by atoms with Gasteiger partial charge in [-0.3, -0.25) is 4.79 Å². The number of halogens is 4. The normalized spacial score (nSPS) is 26.6. The van der Waals surface area contributed by atoms with Crippen molar-refractivity contribution in [1.29, 1.82) is 0 Å². The molecule has 3 nitrogen and oxygen atoms in total. The Bertz CT molecular complexity index is 527. The maximum absolute atomic E-state index is 13.7. The number of carboxylic acid groups (broad SMARTS) is 1. The van der Waals surface area contributed by atoms with Gasteiger partial charge in [0.2, 0.25) is 0 Å². The van der Waals surface area contributed by atoms with Crippen LogP contribution in [0.5, 0.6) is 5.75 Å². The molecule has 1 aliphatic carbocycles. The van der Waals surface area contributed by atoms with Gasteiger partial charge in [0.1, 0.15) is 5.75 Å². The molecule has 1 fully saturated rings. The Labute approximate surface area is 112 Å². The third kappa shape index (κ3) is 1.68. The van der Waals surface area contributed by atoms with Crippen LogP contribution in [0.25, 0.3) is 0 Å². The highest BCUT2D eigenvalue weighted by Crippen LogP contribution is 2.64. The summed E-state index contributed by atoms with van der Waals surface area (Å²) >= 11 is 0. The van der Waals surface area contributed by atoms with Crippen molar-refractivity contribution in [1.82, 2.24) is 0 Å². The summed E-state index contributed by atoms with van der Waals surface area (Å²) in [5.41, 5.74) is -3.24. The van der Waals surface area contributed by atoms with Gasteiger partial charge in [-0.1, -0.05) is 12.1 Å². The molecule has 0 radical (unpaired) electrons. The van der Waals surface area contributed by atoms with Crippen molar-refractivity contribution in [2.45, 2.75) is 30.6 Å². The number of hydrogen-bond donors (Lipinski definition) is 1. The summed E-state index contributed by atoms with van der Waals surface area (Å²) in [7, 11) is 0. The first-order chi connectivity index (χ1) is 9.19. The third-order valence-electron chi connectivity index (χ3n) is 3.51. The summed E-state index contributed by atoms with van der Waals surface area (Å²) < 4.78 is 58.5. The van der Waals surface area contributed by atoms with E-state index in [1.165, 1.54) is 12.1 Å². The molecular weight excluding hydrogens is 280 g/mol. The quantitative estimate of drug-likeness (QED) is 0.867. The number of benzene rings is 1. The molecule has 20 heavy (non-hydrogen) atoms. The minimum atomic E-state index is -4.63. The van der Waals surface area contributed by atoms with Gasteiger partial charge >= 0.3 is 17.8 Å². The molecule has 0 spiro atoms. The van der Waals surface area contributed by atoms with E-state index in [1.807, 2.05) is 0 Å². The zero-order valence-corrected chi connectivity index (χ0v) is 10.5. The van der Waals surface area contributed by atoms with Crippen molar-refractivity contribution in [3.63, 3.8) is 0 Å². The molecule has 0 saturated heterocycles. The molecule has 1 unspecified atom stereocenters. The maximum Gasteiger partial charge on any atom is 0.330 e. The SMILES string of the molecule is CCOc1ccc(C2(C(=O)O)CC(F)(F)C2(F)F)cc1. The highest BCUT2D eigenvalue weighted by atomic mass is 19.3. The zero-order valence-electron chi connectivity index (χ0n) is 10.5. The van der Waals surface area contributed by atoms with Gasteiger partial charge in [0.15, 0.2) is 5.41 Å². The molecule has 0 bridgehead atoms. The van der Waals surface area contributed by atoms with Crippen LogP contribution in [-0.4, -0.2) is 29.5 Å². The van der Waals surface area contributed by atoms with E-state index in [2.05, 4.69) is 0 Å². The highest BCUT2D eigenvalue weighted by molar-refractivity contribution is 5.85. The van der Waals surface area contributed by atoms with Crippen molar-refractivity contribution in [3.8, 4) is 5.75 Å². The molecule has 110 valence electrons. The lowest BCUT2D eigenvalue weighted by atomic mass is 9.58. The Kier molecular flexibility index (Phi) is 3.19. The fourth-order valence-electron chi connectivity index (χ4n) is 2.38. The Morgan fingerprint density at radius 2 is 1.80 bits per heavy atom. The van der Waals surface area contributed by atoms with Gasteiger partial charge in [0.05, 0.1) is 6.61 Å². The summed E-state index contributed by atoms with van der Waals surface area (Å²) in [6.45, 7) is 2.06. The van der Waals surface area contributed by atoms with E-state index in [-0.39, 0.29) is 5.56 Å². The fraction of sp³-hybridized carbons (Fsp3) is 0.462. The van der Waals surface area contributed by atoms with Crippen LogP contribution >= 0.6 is 0 Å². The molecule has 7 heteroatoms. The largest absolute Gasteiger partial charge is 0.494 e. The van der Waals surface area contributed by atoms with Crippen LogP contribution < -0.4 is 4.74 Å². The summed E-state index contributed by atoms with van der Waals surface area (Å²) in [5, 5.41) is 9.03. The smallest absolute Gasteiger partial charge is 0.330 e. The predicted octanol–water partition coefficient (Wildman–Crippen LogP) is 3.08. The van der Waals surface area contributed by atoms with E-state index in [1.54, 1.807) is 6.92 Å². The average Bonchev–Trinajstić information content (AvgIpc) is 2.36. The summed E-state index contributed by atoms with van der Waals surface area (Å²) in [6, 6.07) is 4.75. The second-order valence-corrected chi connectivity index (χ2v) is 4.62. The molecule has 1 aliphatic rings. The molecule has 0 aromatic heterocycles. The molecule has 1 N–H and O–H groups in total. The minimum Gasteiger partial charge on any atom is -0.494 e. The molecule has 1 aromatic rings. The first kappa shape index (κ1) is 14.6. The standard InChI is InChI=1S/C13H12F4O3/c1-2-20-9-5-3-8(4-6-9)11(10(18)19)7-12(14,15)13(11,16)17/h3-6H,2,7H2,1H3,(H,18,19). The van der Waals surface area contributed by atoms with Crippen LogP contribution in [0.4, 0.5) is 17.6 Å². The molecule has 0 heterocycles. The number of rotatable bonds is 4. The molecule has 1 atom stereocenters. The lowest BCUT2D eigenvalue weighted by Crippen LogP contribution is -2.72. The molecular formula is C13H12F4O3. The third-order valence-corrected chi connectivity index (χ3v) is 3.51. The monoisotopic (exact) mass is 292 g/mol.